The maximum atomic E-state index is 6.15. The van der Waals surface area contributed by atoms with Crippen LogP contribution >= 0.6 is 38.9 Å². The third-order valence-corrected chi connectivity index (χ3v) is 5.57. The van der Waals surface area contributed by atoms with E-state index in [2.05, 4.69) is 33.4 Å². The maximum Gasteiger partial charge on any atom is 0.135 e. The van der Waals surface area contributed by atoms with E-state index in [4.69, 9.17) is 16.3 Å². The Balaban J connectivity index is 1.85. The first-order valence-corrected chi connectivity index (χ1v) is 8.54. The molecule has 0 spiro atoms. The number of benzene rings is 1. The molecule has 3 rings (SSSR count). The number of methoxy groups -OCH3 is 1. The van der Waals surface area contributed by atoms with Crippen LogP contribution in [0.4, 0.5) is 5.69 Å². The second-order valence-corrected chi connectivity index (χ2v) is 7.49. The minimum absolute atomic E-state index is 0.341. The summed E-state index contributed by atoms with van der Waals surface area (Å²) in [7, 11) is 1.68. The first kappa shape index (κ1) is 14.2. The molecule has 0 radical (unpaired) electrons. The first-order valence-electron chi connectivity index (χ1n) is 6.55. The largest absolute Gasteiger partial charge is 0.495 e. The van der Waals surface area contributed by atoms with Gasteiger partial charge in [-0.2, -0.15) is 0 Å². The molecular formula is C15H15BrClNOS. The van der Waals surface area contributed by atoms with Gasteiger partial charge in [0.1, 0.15) is 5.75 Å². The zero-order chi connectivity index (χ0) is 14.1. The highest BCUT2D eigenvalue weighted by Crippen LogP contribution is 2.40. The Bertz CT molecular complexity index is 628. The van der Waals surface area contributed by atoms with Gasteiger partial charge in [-0.25, -0.2) is 0 Å². The molecule has 1 aliphatic carbocycles. The molecule has 20 heavy (non-hydrogen) atoms. The molecule has 1 aliphatic rings. The van der Waals surface area contributed by atoms with Crippen molar-refractivity contribution in [3.05, 3.63) is 43.5 Å². The lowest BCUT2D eigenvalue weighted by Crippen LogP contribution is -2.15. The summed E-state index contributed by atoms with van der Waals surface area (Å²) in [6, 6.07) is 8.54. The van der Waals surface area contributed by atoms with E-state index in [1.807, 2.05) is 12.1 Å². The molecule has 1 N–H and O–H groups in total. The van der Waals surface area contributed by atoms with Crippen molar-refractivity contribution < 1.29 is 4.74 Å². The summed E-state index contributed by atoms with van der Waals surface area (Å²) in [5.41, 5.74) is 2.43. The number of ether oxygens (including phenoxy) is 1. The molecular weight excluding hydrogens is 358 g/mol. The quantitative estimate of drug-likeness (QED) is 0.750. The van der Waals surface area contributed by atoms with Gasteiger partial charge in [0, 0.05) is 16.6 Å². The van der Waals surface area contributed by atoms with Crippen LogP contribution in [0.15, 0.2) is 28.7 Å². The minimum Gasteiger partial charge on any atom is -0.495 e. The Labute approximate surface area is 136 Å². The highest BCUT2D eigenvalue weighted by Gasteiger charge is 2.22. The van der Waals surface area contributed by atoms with Crippen molar-refractivity contribution in [2.75, 3.05) is 12.4 Å². The number of hydrogen-bond acceptors (Lipinski definition) is 3. The van der Waals surface area contributed by atoms with Crippen molar-refractivity contribution in [3.8, 4) is 5.75 Å². The van der Waals surface area contributed by atoms with Crippen LogP contribution in [-0.4, -0.2) is 7.11 Å². The summed E-state index contributed by atoms with van der Waals surface area (Å²) >= 11 is 11.3. The molecule has 0 bridgehead atoms. The van der Waals surface area contributed by atoms with Crippen molar-refractivity contribution in [1.29, 1.82) is 0 Å². The number of anilines is 1. The van der Waals surface area contributed by atoms with E-state index in [0.717, 1.165) is 33.1 Å². The van der Waals surface area contributed by atoms with Crippen LogP contribution in [0.1, 0.15) is 29.3 Å². The summed E-state index contributed by atoms with van der Waals surface area (Å²) in [5.74, 6) is 0.842. The van der Waals surface area contributed by atoms with Gasteiger partial charge in [0.15, 0.2) is 0 Å². The second-order valence-electron chi connectivity index (χ2n) is 4.87. The van der Waals surface area contributed by atoms with Crippen molar-refractivity contribution in [2.24, 2.45) is 0 Å². The van der Waals surface area contributed by atoms with Gasteiger partial charge in [0.05, 0.1) is 22.0 Å². The van der Waals surface area contributed by atoms with E-state index in [9.17, 15) is 0 Å². The van der Waals surface area contributed by atoms with Gasteiger partial charge in [-0.15, -0.1) is 11.3 Å². The maximum absolute atomic E-state index is 6.15. The number of nitrogens with one attached hydrogen (secondary N) is 1. The highest BCUT2D eigenvalue weighted by molar-refractivity contribution is 9.10. The molecule has 0 aliphatic heterocycles. The molecule has 0 saturated heterocycles. The number of halogens is 2. The van der Waals surface area contributed by atoms with Gasteiger partial charge in [-0.05, 0) is 59.0 Å². The summed E-state index contributed by atoms with van der Waals surface area (Å²) in [6.45, 7) is 0. The minimum atomic E-state index is 0.341. The third-order valence-electron chi connectivity index (χ3n) is 3.58. The molecule has 2 nitrogen and oxygen atoms in total. The van der Waals surface area contributed by atoms with Gasteiger partial charge in [-0.3, -0.25) is 0 Å². The topological polar surface area (TPSA) is 21.3 Å². The number of aryl methyl sites for hydroxylation is 1. The lowest BCUT2D eigenvalue weighted by atomic mass is 9.94. The molecule has 0 fully saturated rings. The molecule has 1 aromatic heterocycles. The van der Waals surface area contributed by atoms with E-state index in [0.29, 0.717) is 6.04 Å². The fourth-order valence-electron chi connectivity index (χ4n) is 2.62. The Kier molecular flexibility index (Phi) is 4.24. The summed E-state index contributed by atoms with van der Waals surface area (Å²) < 4.78 is 7.19. The van der Waals surface area contributed by atoms with E-state index in [1.54, 1.807) is 18.4 Å². The second kappa shape index (κ2) is 5.96. The molecule has 5 heteroatoms. The van der Waals surface area contributed by atoms with E-state index >= 15 is 0 Å². The van der Waals surface area contributed by atoms with Crippen LogP contribution in [-0.2, 0) is 6.42 Å². The molecule has 0 amide bonds. The molecule has 1 unspecified atom stereocenters. The van der Waals surface area contributed by atoms with Crippen LogP contribution in [0.25, 0.3) is 0 Å². The normalized spacial score (nSPS) is 17.6. The number of hydrogen-bond donors (Lipinski definition) is 1. The smallest absolute Gasteiger partial charge is 0.135 e. The number of thiophene rings is 1. The van der Waals surface area contributed by atoms with Gasteiger partial charge in [0.2, 0.25) is 0 Å². The zero-order valence-electron chi connectivity index (χ0n) is 11.1. The van der Waals surface area contributed by atoms with Crippen molar-refractivity contribution in [3.63, 3.8) is 0 Å². The molecule has 106 valence electrons. The molecule has 1 atom stereocenters. The zero-order valence-corrected chi connectivity index (χ0v) is 14.2. The standard InChI is InChI=1S/C15H15BrClNOS/c1-19-13-7-9(5-6-11(13)16)18-12-3-2-4-14-10(12)8-15(17)20-14/h5-8,12,18H,2-4H2,1H3. The lowest BCUT2D eigenvalue weighted by Gasteiger charge is -2.25. The third kappa shape index (κ3) is 2.83. The lowest BCUT2D eigenvalue weighted by molar-refractivity contribution is 0.412. The average molecular weight is 373 g/mol. The average Bonchev–Trinajstić information content (AvgIpc) is 2.82. The van der Waals surface area contributed by atoms with Gasteiger partial charge < -0.3 is 10.1 Å². The fraction of sp³-hybridized carbons (Fsp3) is 0.333. The Morgan fingerprint density at radius 3 is 3.05 bits per heavy atom. The van der Waals surface area contributed by atoms with Crippen LogP contribution in [0.5, 0.6) is 5.75 Å². The van der Waals surface area contributed by atoms with E-state index in [1.165, 1.54) is 16.9 Å². The molecule has 1 heterocycles. The molecule has 2 aromatic rings. The predicted molar refractivity (Wildman–Crippen MR) is 89.3 cm³/mol. The van der Waals surface area contributed by atoms with Crippen LogP contribution in [0.2, 0.25) is 4.34 Å². The molecule has 1 aromatic carbocycles. The van der Waals surface area contributed by atoms with Gasteiger partial charge in [-0.1, -0.05) is 11.6 Å². The number of rotatable bonds is 3. The van der Waals surface area contributed by atoms with Crippen LogP contribution in [0.3, 0.4) is 0 Å². The Hall–Kier alpha value is -0.710. The van der Waals surface area contributed by atoms with E-state index < -0.39 is 0 Å². The SMILES string of the molecule is COc1cc(NC2CCCc3sc(Cl)cc32)ccc1Br. The van der Waals surface area contributed by atoms with Gasteiger partial charge >= 0.3 is 0 Å². The summed E-state index contributed by atoms with van der Waals surface area (Å²) in [4.78, 5) is 1.42. The summed E-state index contributed by atoms with van der Waals surface area (Å²) in [5, 5.41) is 3.60. The monoisotopic (exact) mass is 371 g/mol. The predicted octanol–water partition coefficient (Wildman–Crippen LogP) is 5.66. The Morgan fingerprint density at radius 2 is 2.25 bits per heavy atom. The Morgan fingerprint density at radius 1 is 1.40 bits per heavy atom. The fourth-order valence-corrected chi connectivity index (χ4v) is 4.41. The van der Waals surface area contributed by atoms with Crippen molar-refractivity contribution in [1.82, 2.24) is 0 Å². The summed E-state index contributed by atoms with van der Waals surface area (Å²) in [6.07, 6.45) is 3.49. The highest BCUT2D eigenvalue weighted by atomic mass is 79.9. The van der Waals surface area contributed by atoms with Crippen molar-refractivity contribution >= 4 is 44.6 Å². The van der Waals surface area contributed by atoms with Crippen LogP contribution in [0, 0.1) is 0 Å². The first-order chi connectivity index (χ1) is 9.67. The van der Waals surface area contributed by atoms with Crippen LogP contribution < -0.4 is 10.1 Å². The van der Waals surface area contributed by atoms with Crippen molar-refractivity contribution in [2.45, 2.75) is 25.3 Å². The van der Waals surface area contributed by atoms with Gasteiger partial charge in [0.25, 0.3) is 0 Å². The van der Waals surface area contributed by atoms with E-state index in [-0.39, 0.29) is 0 Å². The molecule has 0 saturated carbocycles. The number of fused-ring (bicyclic) bond motifs is 1.